The summed E-state index contributed by atoms with van der Waals surface area (Å²) in [5, 5.41) is 0. The molecule has 0 atom stereocenters. The third-order valence-electron chi connectivity index (χ3n) is 1.04. The molecule has 0 aromatic carbocycles. The van der Waals surface area contributed by atoms with Crippen LogP contribution in [0.15, 0.2) is 0 Å². The van der Waals surface area contributed by atoms with E-state index in [4.69, 9.17) is 4.74 Å². The lowest BCUT2D eigenvalue weighted by Crippen LogP contribution is -1.94. The molecule has 0 rings (SSSR count). The monoisotopic (exact) mass is 131 g/mol. The van der Waals surface area contributed by atoms with Gasteiger partial charge < -0.3 is 4.74 Å². The second-order valence-corrected chi connectivity index (χ2v) is 2.23. The fourth-order valence-electron chi connectivity index (χ4n) is 0.556. The maximum Gasteiger partial charge on any atom is 0.0461 e. The van der Waals surface area contributed by atoms with Crippen LogP contribution in [0.25, 0.3) is 0 Å². The first kappa shape index (κ1) is 8.18. The van der Waals surface area contributed by atoms with Crippen molar-refractivity contribution in [1.82, 2.24) is 0 Å². The summed E-state index contributed by atoms with van der Waals surface area (Å²) < 4.78 is 5.15. The molecule has 2 heteroatoms. The van der Waals surface area contributed by atoms with Crippen LogP contribution in [0.4, 0.5) is 0 Å². The molecule has 1 radical (unpaired) electrons. The fourth-order valence-corrected chi connectivity index (χ4v) is 0.760. The summed E-state index contributed by atoms with van der Waals surface area (Å²) in [6, 6.07) is 0. The Kier molecular flexibility index (Phi) is 7.34. The number of ether oxygens (including phenoxy) is 1. The Morgan fingerprint density at radius 1 is 1.38 bits per heavy atom. The minimum absolute atomic E-state index is 0.893. The lowest BCUT2D eigenvalue weighted by molar-refractivity contribution is 0.173. The van der Waals surface area contributed by atoms with E-state index in [0.717, 1.165) is 12.8 Å². The maximum absolute atomic E-state index is 5.15. The molecule has 0 heterocycles. The van der Waals surface area contributed by atoms with Crippen LogP contribution in [0.2, 0.25) is 0 Å². The van der Waals surface area contributed by atoms with Crippen molar-refractivity contribution in [2.45, 2.75) is 26.2 Å². The minimum atomic E-state index is 0.893. The predicted octanol–water partition coefficient (Wildman–Crippen LogP) is 0.784. The molecule has 0 saturated heterocycles. The van der Waals surface area contributed by atoms with Crippen LogP contribution >= 0.6 is 0 Å². The standard InChI is InChI=1S/C6H15OSi/c1-2-3-4-5-7-6-8/h2-6,8H2,1H3. The SMILES string of the molecule is CCCCCOC[SiH2]. The van der Waals surface area contributed by atoms with Gasteiger partial charge in [0, 0.05) is 23.1 Å². The van der Waals surface area contributed by atoms with Crippen molar-refractivity contribution in [2.75, 3.05) is 12.8 Å². The van der Waals surface area contributed by atoms with Crippen molar-refractivity contribution < 1.29 is 4.74 Å². The van der Waals surface area contributed by atoms with Crippen LogP contribution in [0.3, 0.4) is 0 Å². The zero-order valence-electron chi connectivity index (χ0n) is 5.65. The average Bonchev–Trinajstić information content (AvgIpc) is 1.81. The largest absolute Gasteiger partial charge is 0.386 e. The van der Waals surface area contributed by atoms with Gasteiger partial charge in [0.25, 0.3) is 0 Å². The van der Waals surface area contributed by atoms with Crippen molar-refractivity contribution >= 4 is 10.2 Å². The summed E-state index contributed by atoms with van der Waals surface area (Å²) >= 11 is 0. The smallest absolute Gasteiger partial charge is 0.0461 e. The molecule has 8 heavy (non-hydrogen) atoms. The molecule has 0 amide bonds. The van der Waals surface area contributed by atoms with Gasteiger partial charge in [-0.05, 0) is 6.42 Å². The summed E-state index contributed by atoms with van der Waals surface area (Å²) in [4.78, 5) is 0. The Morgan fingerprint density at radius 2 is 2.12 bits per heavy atom. The first-order chi connectivity index (χ1) is 3.91. The molecule has 0 aliphatic rings. The third kappa shape index (κ3) is 6.18. The number of hydrogen-bond donors (Lipinski definition) is 0. The molecule has 0 spiro atoms. The maximum atomic E-state index is 5.15. The Hall–Kier alpha value is 0.177. The minimum Gasteiger partial charge on any atom is -0.386 e. The van der Waals surface area contributed by atoms with E-state index < -0.39 is 0 Å². The van der Waals surface area contributed by atoms with Gasteiger partial charge in [0.05, 0.1) is 0 Å². The molecule has 0 aliphatic carbocycles. The Morgan fingerprint density at radius 3 is 2.62 bits per heavy atom. The first-order valence-electron chi connectivity index (χ1n) is 3.28. The third-order valence-corrected chi connectivity index (χ3v) is 1.33. The van der Waals surface area contributed by atoms with Gasteiger partial charge in [-0.1, -0.05) is 19.8 Å². The molecule has 0 aliphatic heterocycles. The lowest BCUT2D eigenvalue weighted by Gasteiger charge is -1.96. The lowest BCUT2D eigenvalue weighted by atomic mass is 10.3. The number of rotatable bonds is 5. The van der Waals surface area contributed by atoms with Gasteiger partial charge in [-0.25, -0.2) is 0 Å². The molecule has 0 bridgehead atoms. The summed E-state index contributed by atoms with van der Waals surface area (Å²) in [6.07, 6.45) is 4.72. The normalized spacial score (nSPS) is 9.75. The second-order valence-electron chi connectivity index (χ2n) is 1.82. The molecule has 0 aromatic heterocycles. The summed E-state index contributed by atoms with van der Waals surface area (Å²) in [7, 11) is 1.86. The molecule has 0 N–H and O–H groups in total. The predicted molar refractivity (Wildman–Crippen MR) is 38.9 cm³/mol. The molecule has 1 nitrogen and oxygen atoms in total. The van der Waals surface area contributed by atoms with E-state index in [2.05, 4.69) is 6.92 Å². The summed E-state index contributed by atoms with van der Waals surface area (Å²) in [5.41, 5.74) is 0. The van der Waals surface area contributed by atoms with E-state index in [9.17, 15) is 0 Å². The van der Waals surface area contributed by atoms with Crippen LogP contribution in [0, 0.1) is 0 Å². The topological polar surface area (TPSA) is 9.23 Å². The van der Waals surface area contributed by atoms with Gasteiger partial charge in [0.2, 0.25) is 0 Å². The highest BCUT2D eigenvalue weighted by molar-refractivity contribution is 6.08. The van der Waals surface area contributed by atoms with Crippen LogP contribution < -0.4 is 0 Å². The van der Waals surface area contributed by atoms with E-state index in [-0.39, 0.29) is 0 Å². The van der Waals surface area contributed by atoms with Gasteiger partial charge in [-0.2, -0.15) is 0 Å². The summed E-state index contributed by atoms with van der Waals surface area (Å²) in [6.45, 7) is 3.16. The van der Waals surface area contributed by atoms with Crippen LogP contribution in [-0.4, -0.2) is 23.1 Å². The van der Waals surface area contributed by atoms with Crippen LogP contribution in [0.5, 0.6) is 0 Å². The van der Waals surface area contributed by atoms with Crippen molar-refractivity contribution in [2.24, 2.45) is 0 Å². The molecule has 0 unspecified atom stereocenters. The van der Waals surface area contributed by atoms with E-state index in [1.165, 1.54) is 19.3 Å². The van der Waals surface area contributed by atoms with Gasteiger partial charge >= 0.3 is 0 Å². The summed E-state index contributed by atoms with van der Waals surface area (Å²) in [5.74, 6) is 0. The molecule has 0 aromatic rings. The average molecular weight is 131 g/mol. The Labute approximate surface area is 54.8 Å². The number of unbranched alkanes of at least 4 members (excludes halogenated alkanes) is 2. The zero-order chi connectivity index (χ0) is 6.24. The van der Waals surface area contributed by atoms with Crippen LogP contribution in [-0.2, 0) is 4.74 Å². The number of hydrogen-bond acceptors (Lipinski definition) is 1. The Bertz CT molecular complexity index is 33.5. The van der Waals surface area contributed by atoms with Gasteiger partial charge in [0.15, 0.2) is 0 Å². The van der Waals surface area contributed by atoms with E-state index >= 15 is 0 Å². The first-order valence-corrected chi connectivity index (χ1v) is 4.28. The molecular weight excluding hydrogens is 116 g/mol. The van der Waals surface area contributed by atoms with Crippen LogP contribution in [0.1, 0.15) is 26.2 Å². The molecule has 49 valence electrons. The van der Waals surface area contributed by atoms with E-state index in [1.54, 1.807) is 0 Å². The van der Waals surface area contributed by atoms with Gasteiger partial charge in [-0.3, -0.25) is 0 Å². The van der Waals surface area contributed by atoms with Crippen molar-refractivity contribution in [3.63, 3.8) is 0 Å². The van der Waals surface area contributed by atoms with Crippen molar-refractivity contribution in [1.29, 1.82) is 0 Å². The molecule has 0 saturated carbocycles. The van der Waals surface area contributed by atoms with Crippen molar-refractivity contribution in [3.05, 3.63) is 0 Å². The van der Waals surface area contributed by atoms with Gasteiger partial charge in [0.1, 0.15) is 0 Å². The highest BCUT2D eigenvalue weighted by atomic mass is 28.1. The van der Waals surface area contributed by atoms with E-state index in [1.807, 2.05) is 10.2 Å². The zero-order valence-corrected chi connectivity index (χ0v) is 7.07. The highest BCUT2D eigenvalue weighted by Crippen LogP contribution is 1.92. The fraction of sp³-hybridized carbons (Fsp3) is 1.00. The van der Waals surface area contributed by atoms with Crippen molar-refractivity contribution in [3.8, 4) is 0 Å². The van der Waals surface area contributed by atoms with Gasteiger partial charge in [-0.15, -0.1) is 0 Å². The molecular formula is C6H15OSi. The highest BCUT2D eigenvalue weighted by Gasteiger charge is 1.82. The Balaban J connectivity index is 2.53. The molecule has 0 fully saturated rings. The quantitative estimate of drug-likeness (QED) is 0.396. The van der Waals surface area contributed by atoms with E-state index in [0.29, 0.717) is 0 Å². The second kappa shape index (κ2) is 7.18.